The Morgan fingerprint density at radius 1 is 1.08 bits per heavy atom. The van der Waals surface area contributed by atoms with Crippen molar-refractivity contribution in [3.63, 3.8) is 0 Å². The van der Waals surface area contributed by atoms with Gasteiger partial charge in [-0.05, 0) is 48.4 Å². The Morgan fingerprint density at radius 3 is 2.75 bits per heavy atom. The first kappa shape index (κ1) is 17.6. The molecule has 0 spiro atoms. The Morgan fingerprint density at radius 2 is 1.96 bits per heavy atom. The summed E-state index contributed by atoms with van der Waals surface area (Å²) in [6, 6.07) is 14.1. The monoisotopic (exact) mass is 364 g/mol. The second-order valence-electron chi connectivity index (χ2n) is 5.98. The highest BCUT2D eigenvalue weighted by atomic mass is 35.5. The Hall–Kier alpha value is -1.26. The van der Waals surface area contributed by atoms with Crippen LogP contribution in [0.15, 0.2) is 42.5 Å². The van der Waals surface area contributed by atoms with E-state index in [1.54, 1.807) is 7.11 Å². The largest absolute Gasteiger partial charge is 0.497 e. The SMILES string of the molecule is COc1cccc(C(c2ccc(Cl)cc2Cl)N2CCCNCC2)c1. The number of ether oxygens (including phenoxy) is 1. The van der Waals surface area contributed by atoms with E-state index in [2.05, 4.69) is 22.3 Å². The summed E-state index contributed by atoms with van der Waals surface area (Å²) in [5.41, 5.74) is 2.26. The summed E-state index contributed by atoms with van der Waals surface area (Å²) < 4.78 is 5.42. The molecule has 3 rings (SSSR count). The van der Waals surface area contributed by atoms with Crippen molar-refractivity contribution in [3.05, 3.63) is 63.6 Å². The van der Waals surface area contributed by atoms with Crippen molar-refractivity contribution >= 4 is 23.2 Å². The van der Waals surface area contributed by atoms with E-state index < -0.39 is 0 Å². The lowest BCUT2D eigenvalue weighted by atomic mass is 9.96. The molecule has 0 saturated carbocycles. The minimum atomic E-state index is 0.0877. The summed E-state index contributed by atoms with van der Waals surface area (Å²) in [4.78, 5) is 2.48. The summed E-state index contributed by atoms with van der Waals surface area (Å²) in [5, 5.41) is 4.82. The van der Waals surface area contributed by atoms with E-state index in [1.165, 1.54) is 5.56 Å². The van der Waals surface area contributed by atoms with Gasteiger partial charge in [0.15, 0.2) is 0 Å². The Bertz CT molecular complexity index is 685. The van der Waals surface area contributed by atoms with E-state index in [9.17, 15) is 0 Å². The minimum Gasteiger partial charge on any atom is -0.497 e. The molecule has 1 unspecified atom stereocenters. The van der Waals surface area contributed by atoms with Crippen molar-refractivity contribution in [1.29, 1.82) is 0 Å². The molecule has 1 aliphatic rings. The number of methoxy groups -OCH3 is 1. The van der Waals surface area contributed by atoms with Crippen LogP contribution in [0.5, 0.6) is 5.75 Å². The van der Waals surface area contributed by atoms with E-state index in [-0.39, 0.29) is 6.04 Å². The van der Waals surface area contributed by atoms with Gasteiger partial charge in [-0.3, -0.25) is 4.90 Å². The van der Waals surface area contributed by atoms with Crippen LogP contribution < -0.4 is 10.1 Å². The Labute approximate surface area is 153 Å². The number of nitrogens with zero attached hydrogens (tertiary/aromatic N) is 1. The molecule has 5 heteroatoms. The van der Waals surface area contributed by atoms with E-state index in [0.717, 1.165) is 43.9 Å². The van der Waals surface area contributed by atoms with Crippen LogP contribution in [-0.2, 0) is 0 Å². The summed E-state index contributed by atoms with van der Waals surface area (Å²) in [6.07, 6.45) is 1.12. The van der Waals surface area contributed by atoms with Crippen molar-refractivity contribution in [2.75, 3.05) is 33.3 Å². The van der Waals surface area contributed by atoms with Gasteiger partial charge in [0.1, 0.15) is 5.75 Å². The van der Waals surface area contributed by atoms with Crippen LogP contribution in [0.1, 0.15) is 23.6 Å². The lowest BCUT2D eigenvalue weighted by molar-refractivity contribution is 0.240. The van der Waals surface area contributed by atoms with Crippen molar-refractivity contribution in [2.45, 2.75) is 12.5 Å². The van der Waals surface area contributed by atoms with Gasteiger partial charge in [0.25, 0.3) is 0 Å². The third-order valence-electron chi connectivity index (χ3n) is 4.41. The number of benzene rings is 2. The maximum absolute atomic E-state index is 6.55. The van der Waals surface area contributed by atoms with Crippen LogP contribution in [0, 0.1) is 0 Å². The fourth-order valence-electron chi connectivity index (χ4n) is 3.25. The normalized spacial score (nSPS) is 17.3. The molecule has 3 nitrogen and oxygen atoms in total. The van der Waals surface area contributed by atoms with Gasteiger partial charge in [-0.2, -0.15) is 0 Å². The van der Waals surface area contributed by atoms with Crippen molar-refractivity contribution in [2.24, 2.45) is 0 Å². The zero-order valence-electron chi connectivity index (χ0n) is 13.8. The van der Waals surface area contributed by atoms with E-state index >= 15 is 0 Å². The lowest BCUT2D eigenvalue weighted by Crippen LogP contribution is -2.33. The van der Waals surface area contributed by atoms with Crippen LogP contribution in [0.4, 0.5) is 0 Å². The van der Waals surface area contributed by atoms with Crippen LogP contribution in [0.2, 0.25) is 10.0 Å². The van der Waals surface area contributed by atoms with E-state index in [1.807, 2.05) is 30.3 Å². The predicted octanol–water partition coefficient (Wildman–Crippen LogP) is 4.39. The molecule has 24 heavy (non-hydrogen) atoms. The van der Waals surface area contributed by atoms with Crippen LogP contribution >= 0.6 is 23.2 Å². The number of nitrogens with one attached hydrogen (secondary N) is 1. The predicted molar refractivity (Wildman–Crippen MR) is 100 cm³/mol. The molecule has 1 heterocycles. The topological polar surface area (TPSA) is 24.5 Å². The van der Waals surface area contributed by atoms with Gasteiger partial charge in [-0.25, -0.2) is 0 Å². The molecule has 0 aliphatic carbocycles. The number of hydrogen-bond donors (Lipinski definition) is 1. The number of rotatable bonds is 4. The molecule has 2 aromatic carbocycles. The van der Waals surface area contributed by atoms with Crippen LogP contribution in [0.25, 0.3) is 0 Å². The molecule has 0 aromatic heterocycles. The average molecular weight is 365 g/mol. The molecule has 1 saturated heterocycles. The summed E-state index contributed by atoms with van der Waals surface area (Å²) in [5.74, 6) is 0.857. The molecule has 1 atom stereocenters. The fourth-order valence-corrected chi connectivity index (χ4v) is 3.76. The second-order valence-corrected chi connectivity index (χ2v) is 6.83. The highest BCUT2D eigenvalue weighted by Gasteiger charge is 2.25. The summed E-state index contributed by atoms with van der Waals surface area (Å²) in [6.45, 7) is 4.02. The van der Waals surface area contributed by atoms with Crippen molar-refractivity contribution in [1.82, 2.24) is 10.2 Å². The standard InChI is InChI=1S/C19H22Cl2N2O/c1-24-16-5-2-4-14(12-16)19(23-10-3-8-22-9-11-23)17-7-6-15(20)13-18(17)21/h2,4-7,12-13,19,22H,3,8-11H2,1H3. The molecule has 1 N–H and O–H groups in total. The van der Waals surface area contributed by atoms with Gasteiger partial charge in [-0.15, -0.1) is 0 Å². The highest BCUT2D eigenvalue weighted by molar-refractivity contribution is 6.35. The Kier molecular flexibility index (Phi) is 6.01. The van der Waals surface area contributed by atoms with Gasteiger partial charge < -0.3 is 10.1 Å². The first-order chi connectivity index (χ1) is 11.7. The highest BCUT2D eigenvalue weighted by Crippen LogP contribution is 2.36. The fraction of sp³-hybridized carbons (Fsp3) is 0.368. The molecule has 128 valence electrons. The van der Waals surface area contributed by atoms with Crippen LogP contribution in [-0.4, -0.2) is 38.2 Å². The molecule has 2 aromatic rings. The average Bonchev–Trinajstić information content (AvgIpc) is 2.86. The lowest BCUT2D eigenvalue weighted by Gasteiger charge is -2.32. The van der Waals surface area contributed by atoms with E-state index in [4.69, 9.17) is 27.9 Å². The quantitative estimate of drug-likeness (QED) is 0.870. The molecule has 1 fully saturated rings. The molecule has 0 amide bonds. The molecule has 0 bridgehead atoms. The van der Waals surface area contributed by atoms with Crippen molar-refractivity contribution in [3.8, 4) is 5.75 Å². The maximum Gasteiger partial charge on any atom is 0.119 e. The molecule has 0 radical (unpaired) electrons. The third kappa shape index (κ3) is 4.04. The summed E-state index contributed by atoms with van der Waals surface area (Å²) >= 11 is 12.6. The Balaban J connectivity index is 2.05. The molecule has 1 aliphatic heterocycles. The first-order valence-electron chi connectivity index (χ1n) is 8.22. The minimum absolute atomic E-state index is 0.0877. The van der Waals surface area contributed by atoms with E-state index in [0.29, 0.717) is 10.0 Å². The number of halogens is 2. The van der Waals surface area contributed by atoms with Crippen molar-refractivity contribution < 1.29 is 4.74 Å². The molecular formula is C19H22Cl2N2O. The van der Waals surface area contributed by atoms with Gasteiger partial charge in [-0.1, -0.05) is 41.4 Å². The zero-order chi connectivity index (χ0) is 16.9. The first-order valence-corrected chi connectivity index (χ1v) is 8.98. The second kappa shape index (κ2) is 8.21. The van der Waals surface area contributed by atoms with Gasteiger partial charge in [0.05, 0.1) is 13.2 Å². The van der Waals surface area contributed by atoms with Gasteiger partial charge >= 0.3 is 0 Å². The van der Waals surface area contributed by atoms with Gasteiger partial charge in [0.2, 0.25) is 0 Å². The van der Waals surface area contributed by atoms with Crippen LogP contribution in [0.3, 0.4) is 0 Å². The number of hydrogen-bond acceptors (Lipinski definition) is 3. The summed E-state index contributed by atoms with van der Waals surface area (Å²) in [7, 11) is 1.69. The third-order valence-corrected chi connectivity index (χ3v) is 4.97. The van der Waals surface area contributed by atoms with Gasteiger partial charge in [0, 0.05) is 29.7 Å². The zero-order valence-corrected chi connectivity index (χ0v) is 15.3. The molecular weight excluding hydrogens is 343 g/mol. The maximum atomic E-state index is 6.55. The smallest absolute Gasteiger partial charge is 0.119 e.